The average molecular weight is 459 g/mol. The molecule has 0 bridgehead atoms. The Labute approximate surface area is 199 Å². The van der Waals surface area contributed by atoms with Crippen molar-refractivity contribution in [2.75, 3.05) is 7.11 Å². The van der Waals surface area contributed by atoms with E-state index in [1.807, 2.05) is 30.3 Å². The van der Waals surface area contributed by atoms with Gasteiger partial charge in [0.25, 0.3) is 0 Å². The van der Waals surface area contributed by atoms with E-state index in [1.165, 1.54) is 5.56 Å². The molecule has 6 rings (SSSR count). The number of halogens is 1. The summed E-state index contributed by atoms with van der Waals surface area (Å²) in [4.78, 5) is 0. The minimum atomic E-state index is -0.472. The maximum Gasteiger partial charge on any atom is 0.198 e. The molecule has 0 aromatic heterocycles. The lowest BCUT2D eigenvalue weighted by molar-refractivity contribution is -0.143. The third-order valence-electron chi connectivity index (χ3n) is 7.43. The Kier molecular flexibility index (Phi) is 5.06. The summed E-state index contributed by atoms with van der Waals surface area (Å²) in [5.41, 5.74) is 4.11. The molecule has 0 radical (unpaired) electrons. The van der Waals surface area contributed by atoms with Crippen LogP contribution in [0.1, 0.15) is 60.8 Å². The molecule has 1 spiro atoms. The predicted octanol–water partition coefficient (Wildman–Crippen LogP) is 6.95. The number of hydrogen-bond acceptors (Lipinski definition) is 4. The molecule has 0 saturated heterocycles. The minimum Gasteiger partial charge on any atom is -0.493 e. The van der Waals surface area contributed by atoms with E-state index in [9.17, 15) is 0 Å². The van der Waals surface area contributed by atoms with Gasteiger partial charge in [-0.05, 0) is 36.5 Å². The molecule has 1 saturated carbocycles. The average Bonchev–Trinajstić information content (AvgIpc) is 3.32. The van der Waals surface area contributed by atoms with Gasteiger partial charge in [0.15, 0.2) is 17.2 Å². The first-order valence-electron chi connectivity index (χ1n) is 11.7. The summed E-state index contributed by atoms with van der Waals surface area (Å²) in [6.07, 6.45) is 4.76. The van der Waals surface area contributed by atoms with Crippen LogP contribution in [-0.4, -0.2) is 23.6 Å². The van der Waals surface area contributed by atoms with Crippen LogP contribution in [-0.2, 0) is 0 Å². The number of hydrogen-bond donors (Lipinski definition) is 0. The van der Waals surface area contributed by atoms with Gasteiger partial charge >= 0.3 is 0 Å². The highest BCUT2D eigenvalue weighted by Gasteiger charge is 2.52. The van der Waals surface area contributed by atoms with Crippen LogP contribution in [0, 0.1) is 0 Å². The van der Waals surface area contributed by atoms with E-state index < -0.39 is 5.72 Å². The van der Waals surface area contributed by atoms with Crippen LogP contribution in [0.5, 0.6) is 11.5 Å². The Morgan fingerprint density at radius 2 is 1.73 bits per heavy atom. The van der Waals surface area contributed by atoms with Crippen molar-refractivity contribution in [3.05, 3.63) is 94.5 Å². The first kappa shape index (κ1) is 20.6. The monoisotopic (exact) mass is 458 g/mol. The maximum absolute atomic E-state index is 6.86. The molecule has 2 aliphatic heterocycles. The van der Waals surface area contributed by atoms with Crippen molar-refractivity contribution in [2.45, 2.75) is 49.8 Å². The van der Waals surface area contributed by atoms with Gasteiger partial charge in [0, 0.05) is 35.4 Å². The zero-order chi connectivity index (χ0) is 22.4. The van der Waals surface area contributed by atoms with Crippen LogP contribution in [0.3, 0.4) is 0 Å². The van der Waals surface area contributed by atoms with Gasteiger partial charge < -0.3 is 9.47 Å². The number of nitrogens with zero attached hydrogens (tertiary/aromatic N) is 2. The molecule has 5 heteroatoms. The quantitative estimate of drug-likeness (QED) is 0.426. The summed E-state index contributed by atoms with van der Waals surface area (Å²) in [7, 11) is 1.71. The second-order valence-corrected chi connectivity index (χ2v) is 9.61. The number of hydrazone groups is 1. The summed E-state index contributed by atoms with van der Waals surface area (Å²) in [5.74, 6) is 2.21. The molecule has 0 amide bonds. The van der Waals surface area contributed by atoms with Gasteiger partial charge in [-0.15, -0.1) is 0 Å². The van der Waals surface area contributed by atoms with Crippen molar-refractivity contribution in [1.82, 2.24) is 5.01 Å². The SMILES string of the molecule is COc1cccc2c1OC1(CCC(c3ccccc3)CC1)N1N=C(c3ccccc3Cl)C[C@H]21. The number of para-hydroxylation sites is 1. The van der Waals surface area contributed by atoms with E-state index in [-0.39, 0.29) is 6.04 Å². The van der Waals surface area contributed by atoms with Crippen molar-refractivity contribution in [3.63, 3.8) is 0 Å². The number of methoxy groups -OCH3 is 1. The molecular formula is C28H27ClN2O2. The molecule has 0 unspecified atom stereocenters. The Bertz CT molecular complexity index is 1200. The Balaban J connectivity index is 1.40. The largest absolute Gasteiger partial charge is 0.493 e. The molecule has 33 heavy (non-hydrogen) atoms. The van der Waals surface area contributed by atoms with Gasteiger partial charge in [-0.2, -0.15) is 5.10 Å². The standard InChI is InChI=1S/C28H27ClN2O2/c1-32-26-13-7-11-22-25-18-24(21-10-5-6-12-23(21)29)30-31(25)28(33-27(22)26)16-14-20(15-17-28)19-8-3-2-4-9-19/h2-13,20,25H,14-18H2,1H3/t20?,25-,28?/m1/s1. The molecule has 1 fully saturated rings. The lowest BCUT2D eigenvalue weighted by atomic mass is 9.78. The number of benzene rings is 3. The van der Waals surface area contributed by atoms with E-state index in [4.69, 9.17) is 26.2 Å². The Morgan fingerprint density at radius 3 is 2.48 bits per heavy atom. The molecule has 1 atom stereocenters. The van der Waals surface area contributed by atoms with E-state index in [1.54, 1.807) is 7.11 Å². The molecular weight excluding hydrogens is 432 g/mol. The van der Waals surface area contributed by atoms with Gasteiger partial charge in [0.2, 0.25) is 0 Å². The van der Waals surface area contributed by atoms with Gasteiger partial charge in [0.05, 0.1) is 18.9 Å². The van der Waals surface area contributed by atoms with Crippen LogP contribution >= 0.6 is 11.6 Å². The highest BCUT2D eigenvalue weighted by atomic mass is 35.5. The molecule has 168 valence electrons. The van der Waals surface area contributed by atoms with Gasteiger partial charge in [0.1, 0.15) is 0 Å². The summed E-state index contributed by atoms with van der Waals surface area (Å²) in [5, 5.41) is 8.16. The van der Waals surface area contributed by atoms with Crippen molar-refractivity contribution < 1.29 is 9.47 Å². The molecule has 3 aliphatic rings. The highest BCUT2D eigenvalue weighted by molar-refractivity contribution is 6.34. The van der Waals surface area contributed by atoms with Gasteiger partial charge in [-0.1, -0.05) is 72.3 Å². The lowest BCUT2D eigenvalue weighted by Gasteiger charge is -2.50. The van der Waals surface area contributed by atoms with Gasteiger partial charge in [-0.3, -0.25) is 0 Å². The van der Waals surface area contributed by atoms with Crippen LogP contribution in [0.15, 0.2) is 77.9 Å². The molecule has 2 heterocycles. The molecule has 3 aromatic rings. The third kappa shape index (κ3) is 3.39. The summed E-state index contributed by atoms with van der Waals surface area (Å²) >= 11 is 6.56. The lowest BCUT2D eigenvalue weighted by Crippen LogP contribution is -2.55. The van der Waals surface area contributed by atoms with Crippen molar-refractivity contribution >= 4 is 17.3 Å². The van der Waals surface area contributed by atoms with Crippen LogP contribution < -0.4 is 9.47 Å². The zero-order valence-electron chi connectivity index (χ0n) is 18.7. The number of rotatable bonds is 3. The fourth-order valence-electron chi connectivity index (χ4n) is 5.75. The van der Waals surface area contributed by atoms with E-state index in [0.717, 1.165) is 65.5 Å². The first-order valence-corrected chi connectivity index (χ1v) is 12.1. The molecule has 1 aliphatic carbocycles. The zero-order valence-corrected chi connectivity index (χ0v) is 19.5. The topological polar surface area (TPSA) is 34.1 Å². The molecule has 0 N–H and O–H groups in total. The van der Waals surface area contributed by atoms with E-state index >= 15 is 0 Å². The normalized spacial score (nSPS) is 25.8. The second kappa shape index (κ2) is 8.11. The predicted molar refractivity (Wildman–Crippen MR) is 131 cm³/mol. The van der Waals surface area contributed by atoms with E-state index in [0.29, 0.717) is 5.92 Å². The fraction of sp³-hybridized carbons (Fsp3) is 0.321. The minimum absolute atomic E-state index is 0.114. The Hall–Kier alpha value is -2.98. The van der Waals surface area contributed by atoms with Crippen molar-refractivity contribution in [2.24, 2.45) is 5.10 Å². The van der Waals surface area contributed by atoms with Crippen LogP contribution in [0.4, 0.5) is 0 Å². The highest BCUT2D eigenvalue weighted by Crippen LogP contribution is 2.55. The molecule has 4 nitrogen and oxygen atoms in total. The summed E-state index contributed by atoms with van der Waals surface area (Å²) < 4.78 is 12.6. The smallest absolute Gasteiger partial charge is 0.198 e. The van der Waals surface area contributed by atoms with Crippen molar-refractivity contribution in [3.8, 4) is 11.5 Å². The number of ether oxygens (including phenoxy) is 2. The first-order chi connectivity index (χ1) is 16.2. The molecule has 3 aromatic carbocycles. The summed E-state index contributed by atoms with van der Waals surface area (Å²) in [6, 6.07) is 25.1. The maximum atomic E-state index is 6.86. The van der Waals surface area contributed by atoms with E-state index in [2.05, 4.69) is 47.5 Å². The van der Waals surface area contributed by atoms with Gasteiger partial charge in [-0.25, -0.2) is 5.01 Å². The third-order valence-corrected chi connectivity index (χ3v) is 7.76. The van der Waals surface area contributed by atoms with Crippen LogP contribution in [0.2, 0.25) is 5.02 Å². The second-order valence-electron chi connectivity index (χ2n) is 9.20. The Morgan fingerprint density at radius 1 is 0.970 bits per heavy atom. The van der Waals surface area contributed by atoms with Crippen LogP contribution in [0.25, 0.3) is 0 Å². The number of fused-ring (bicyclic) bond motifs is 4. The van der Waals surface area contributed by atoms with Crippen molar-refractivity contribution in [1.29, 1.82) is 0 Å². The fourth-order valence-corrected chi connectivity index (χ4v) is 5.99. The summed E-state index contributed by atoms with van der Waals surface area (Å²) in [6.45, 7) is 0.